The number of ketones is 1. The van der Waals surface area contributed by atoms with Crippen molar-refractivity contribution in [2.75, 3.05) is 31.1 Å². The Hall–Kier alpha value is -3.35. The van der Waals surface area contributed by atoms with Crippen LogP contribution >= 0.6 is 11.6 Å². The fourth-order valence-electron chi connectivity index (χ4n) is 4.52. The summed E-state index contributed by atoms with van der Waals surface area (Å²) in [7, 11) is 0. The molecule has 2 aliphatic heterocycles. The maximum atomic E-state index is 13.2. The third kappa shape index (κ3) is 4.39. The largest absolute Gasteiger partial charge is 0.507 e. The number of hydrogen-bond donors (Lipinski definition) is 1. The van der Waals surface area contributed by atoms with E-state index in [0.29, 0.717) is 34.0 Å². The van der Waals surface area contributed by atoms with Crippen LogP contribution in [-0.2, 0) is 6.54 Å². The number of aromatic hydroxyl groups is 1. The maximum absolute atomic E-state index is 13.2. The second-order valence-electron chi connectivity index (χ2n) is 8.63. The van der Waals surface area contributed by atoms with E-state index in [1.165, 1.54) is 12.1 Å². The minimum Gasteiger partial charge on any atom is -0.507 e. The molecule has 0 bridgehead atoms. The van der Waals surface area contributed by atoms with Gasteiger partial charge in [0.1, 0.15) is 17.3 Å². The molecule has 3 aromatic carbocycles. The Balaban J connectivity index is 1.36. The van der Waals surface area contributed by atoms with E-state index in [4.69, 9.17) is 16.3 Å². The summed E-state index contributed by atoms with van der Waals surface area (Å²) >= 11 is 6.08. The molecule has 0 spiro atoms. The molecular weight excluding hydrogens is 455 g/mol. The van der Waals surface area contributed by atoms with Gasteiger partial charge < -0.3 is 14.7 Å². The Morgan fingerprint density at radius 3 is 2.53 bits per heavy atom. The Labute approximate surface area is 202 Å². The molecule has 0 saturated carbocycles. The lowest BCUT2D eigenvalue weighted by atomic mass is 9.99. The molecule has 7 heteroatoms. The van der Waals surface area contributed by atoms with Crippen molar-refractivity contribution in [3.63, 3.8) is 0 Å². The number of anilines is 1. The minimum atomic E-state index is -0.246. The van der Waals surface area contributed by atoms with Crippen LogP contribution in [0.4, 0.5) is 10.1 Å². The van der Waals surface area contributed by atoms with Crippen molar-refractivity contribution in [2.24, 2.45) is 0 Å². The number of aryl methyl sites for hydroxylation is 1. The normalized spacial score (nSPS) is 17.2. The van der Waals surface area contributed by atoms with Gasteiger partial charge in [-0.2, -0.15) is 0 Å². The van der Waals surface area contributed by atoms with Crippen LogP contribution in [-0.4, -0.2) is 42.0 Å². The SMILES string of the molecule is Cc1cc(O)c(CN2CCN(c3ccc(F)cc3)CC2)c2c1C(=O)/C(=C/c1cccc(Cl)c1)O2. The number of rotatable bonds is 4. The lowest BCUT2D eigenvalue weighted by molar-refractivity contribution is 0.101. The number of carbonyl (C=O) groups excluding carboxylic acids is 1. The Kier molecular flexibility index (Phi) is 6.02. The third-order valence-corrected chi connectivity index (χ3v) is 6.55. The number of phenolic OH excluding ortho intramolecular Hbond substituents is 1. The van der Waals surface area contributed by atoms with Gasteiger partial charge >= 0.3 is 0 Å². The van der Waals surface area contributed by atoms with E-state index in [2.05, 4.69) is 9.80 Å². The minimum absolute atomic E-state index is 0.119. The van der Waals surface area contributed by atoms with Gasteiger partial charge in [0, 0.05) is 43.4 Å². The number of piperazine rings is 1. The quantitative estimate of drug-likeness (QED) is 0.507. The molecule has 1 fully saturated rings. The zero-order chi connectivity index (χ0) is 23.8. The molecule has 1 N–H and O–H groups in total. The van der Waals surface area contributed by atoms with Gasteiger partial charge in [-0.15, -0.1) is 0 Å². The number of hydrogen-bond acceptors (Lipinski definition) is 5. The van der Waals surface area contributed by atoms with E-state index in [1.807, 2.05) is 12.1 Å². The topological polar surface area (TPSA) is 53.0 Å². The molecular formula is C27H24ClFN2O3. The zero-order valence-corrected chi connectivity index (χ0v) is 19.5. The fraction of sp³-hybridized carbons (Fsp3) is 0.222. The van der Waals surface area contributed by atoms with Gasteiger partial charge in [0.2, 0.25) is 5.78 Å². The lowest BCUT2D eigenvalue weighted by Crippen LogP contribution is -2.46. The summed E-state index contributed by atoms with van der Waals surface area (Å²) in [5.41, 5.74) is 3.54. The molecule has 5 rings (SSSR count). The Morgan fingerprint density at radius 2 is 1.82 bits per heavy atom. The molecule has 5 nitrogen and oxygen atoms in total. The summed E-state index contributed by atoms with van der Waals surface area (Å²) < 4.78 is 19.3. The molecule has 0 radical (unpaired) electrons. The number of Topliss-reactive ketones (excluding diaryl/α,β-unsaturated/α-hetero) is 1. The van der Waals surface area contributed by atoms with E-state index in [1.54, 1.807) is 43.3 Å². The molecule has 0 aliphatic carbocycles. The van der Waals surface area contributed by atoms with Crippen molar-refractivity contribution in [1.29, 1.82) is 0 Å². The average Bonchev–Trinajstić information content (AvgIpc) is 3.14. The zero-order valence-electron chi connectivity index (χ0n) is 18.7. The fourth-order valence-corrected chi connectivity index (χ4v) is 4.72. The van der Waals surface area contributed by atoms with E-state index < -0.39 is 0 Å². The number of allylic oxidation sites excluding steroid dienone is 1. The predicted molar refractivity (Wildman–Crippen MR) is 131 cm³/mol. The van der Waals surface area contributed by atoms with Gasteiger partial charge in [0.25, 0.3) is 0 Å². The van der Waals surface area contributed by atoms with Crippen LogP contribution in [0.3, 0.4) is 0 Å². The molecule has 0 amide bonds. The third-order valence-electron chi connectivity index (χ3n) is 6.31. The van der Waals surface area contributed by atoms with Crippen molar-refractivity contribution >= 4 is 29.1 Å². The molecule has 2 heterocycles. The van der Waals surface area contributed by atoms with Gasteiger partial charge in [0.15, 0.2) is 5.76 Å². The first-order valence-corrected chi connectivity index (χ1v) is 11.5. The smallest absolute Gasteiger partial charge is 0.232 e. The predicted octanol–water partition coefficient (Wildman–Crippen LogP) is 5.43. The molecule has 0 aromatic heterocycles. The maximum Gasteiger partial charge on any atom is 0.232 e. The lowest BCUT2D eigenvalue weighted by Gasteiger charge is -2.36. The number of phenols is 1. The molecule has 0 atom stereocenters. The molecule has 1 saturated heterocycles. The second-order valence-corrected chi connectivity index (χ2v) is 9.07. The molecule has 174 valence electrons. The molecule has 2 aliphatic rings. The van der Waals surface area contributed by atoms with Crippen LogP contribution in [0.25, 0.3) is 6.08 Å². The van der Waals surface area contributed by atoms with Crippen molar-refractivity contribution < 1.29 is 19.0 Å². The van der Waals surface area contributed by atoms with Crippen molar-refractivity contribution in [3.8, 4) is 11.5 Å². The highest BCUT2D eigenvalue weighted by Gasteiger charge is 2.34. The number of ether oxygens (including phenoxy) is 1. The van der Waals surface area contributed by atoms with Gasteiger partial charge in [-0.1, -0.05) is 23.7 Å². The van der Waals surface area contributed by atoms with E-state index >= 15 is 0 Å². The van der Waals surface area contributed by atoms with E-state index in [0.717, 1.165) is 37.4 Å². The highest BCUT2D eigenvalue weighted by Crippen LogP contribution is 2.42. The van der Waals surface area contributed by atoms with Crippen LogP contribution < -0.4 is 9.64 Å². The van der Waals surface area contributed by atoms with Gasteiger partial charge in [0.05, 0.1) is 11.1 Å². The first-order valence-electron chi connectivity index (χ1n) is 11.2. The Morgan fingerprint density at radius 1 is 1.09 bits per heavy atom. The number of carbonyl (C=O) groups is 1. The van der Waals surface area contributed by atoms with E-state index in [9.17, 15) is 14.3 Å². The van der Waals surface area contributed by atoms with Crippen molar-refractivity contribution in [1.82, 2.24) is 4.90 Å². The van der Waals surface area contributed by atoms with E-state index in [-0.39, 0.29) is 23.1 Å². The van der Waals surface area contributed by atoms with Gasteiger partial charge in [-0.25, -0.2) is 4.39 Å². The molecule has 3 aromatic rings. The first-order chi connectivity index (χ1) is 16.4. The van der Waals surface area contributed by atoms with Crippen LogP contribution in [0.15, 0.2) is 60.4 Å². The standard InChI is InChI=1S/C27H24ClFN2O3/c1-17-13-23(32)22(16-30-9-11-31(12-10-30)21-7-5-20(29)6-8-21)27-25(17)26(33)24(34-27)15-18-3-2-4-19(28)14-18/h2-8,13-15,32H,9-12,16H2,1H3/b24-15-. The first kappa shape index (κ1) is 22.4. The number of fused-ring (bicyclic) bond motifs is 1. The highest BCUT2D eigenvalue weighted by atomic mass is 35.5. The van der Waals surface area contributed by atoms with Gasteiger partial charge in [-0.3, -0.25) is 9.69 Å². The monoisotopic (exact) mass is 478 g/mol. The van der Waals surface area contributed by atoms with Crippen LogP contribution in [0.2, 0.25) is 5.02 Å². The number of nitrogens with zero attached hydrogens (tertiary/aromatic N) is 2. The highest BCUT2D eigenvalue weighted by molar-refractivity contribution is 6.30. The number of benzene rings is 3. The average molecular weight is 479 g/mol. The number of halogens is 2. The molecule has 0 unspecified atom stereocenters. The van der Waals surface area contributed by atoms with Crippen LogP contribution in [0.5, 0.6) is 11.5 Å². The summed E-state index contributed by atoms with van der Waals surface area (Å²) in [4.78, 5) is 17.6. The second kappa shape index (κ2) is 9.12. The summed E-state index contributed by atoms with van der Waals surface area (Å²) in [5, 5.41) is 11.3. The van der Waals surface area contributed by atoms with Gasteiger partial charge in [-0.05, 0) is 66.6 Å². The Bertz CT molecular complexity index is 1280. The van der Waals surface area contributed by atoms with Crippen LogP contribution in [0, 0.1) is 12.7 Å². The summed E-state index contributed by atoms with van der Waals surface area (Å²) in [5.74, 6) is 0.318. The summed E-state index contributed by atoms with van der Waals surface area (Å²) in [6.45, 7) is 5.34. The summed E-state index contributed by atoms with van der Waals surface area (Å²) in [6.07, 6.45) is 1.68. The van der Waals surface area contributed by atoms with Crippen LogP contribution in [0.1, 0.15) is 27.0 Å². The molecule has 34 heavy (non-hydrogen) atoms. The van der Waals surface area contributed by atoms with Crippen molar-refractivity contribution in [2.45, 2.75) is 13.5 Å². The van der Waals surface area contributed by atoms with Crippen molar-refractivity contribution in [3.05, 3.63) is 93.5 Å². The summed E-state index contributed by atoms with van der Waals surface area (Å²) in [6, 6.07) is 15.3.